The van der Waals surface area contributed by atoms with E-state index in [1.807, 2.05) is 6.07 Å². The van der Waals surface area contributed by atoms with E-state index < -0.39 is 24.9 Å². The molecule has 0 atom stereocenters. The molecule has 0 aliphatic rings. The second-order valence-electron chi connectivity index (χ2n) is 7.23. The summed E-state index contributed by atoms with van der Waals surface area (Å²) < 4.78 is 54.9. The number of H-pyrrole nitrogens is 1. The van der Waals surface area contributed by atoms with E-state index in [1.165, 1.54) is 42.5 Å². The maximum absolute atomic E-state index is 12.8. The van der Waals surface area contributed by atoms with Crippen LogP contribution in [-0.2, 0) is 31.2 Å². The first-order valence-electron chi connectivity index (χ1n) is 9.69. The molecule has 0 aliphatic carbocycles. The van der Waals surface area contributed by atoms with E-state index in [0.29, 0.717) is 22.3 Å². The Morgan fingerprint density at radius 1 is 0.939 bits per heavy atom. The summed E-state index contributed by atoms with van der Waals surface area (Å²) in [6.45, 7) is 0. The summed E-state index contributed by atoms with van der Waals surface area (Å²) in [5.41, 5.74) is 1.63. The number of nitrogens with one attached hydrogen (secondary N) is 2. The molecule has 0 radical (unpaired) electrons. The number of para-hydroxylation sites is 1. The Hall–Kier alpha value is -3.70. The SMILES string of the molecule is CS(=O)(=O)c1ccccc1S(=O)(=O)Oc1ccc2n[nH]c(CC(=O)Nc3ccccc3)c2c1. The summed E-state index contributed by atoms with van der Waals surface area (Å²) in [5, 5.41) is 10.2. The van der Waals surface area contributed by atoms with Gasteiger partial charge >= 0.3 is 10.1 Å². The lowest BCUT2D eigenvalue weighted by atomic mass is 10.1. The van der Waals surface area contributed by atoms with E-state index >= 15 is 0 Å². The van der Waals surface area contributed by atoms with Crippen molar-refractivity contribution in [3.63, 3.8) is 0 Å². The van der Waals surface area contributed by atoms with Gasteiger partial charge in [-0.2, -0.15) is 13.5 Å². The van der Waals surface area contributed by atoms with Crippen LogP contribution in [0.3, 0.4) is 0 Å². The van der Waals surface area contributed by atoms with Crippen LogP contribution in [0, 0.1) is 0 Å². The molecule has 0 unspecified atom stereocenters. The Labute approximate surface area is 190 Å². The van der Waals surface area contributed by atoms with Crippen molar-refractivity contribution < 1.29 is 25.8 Å². The highest BCUT2D eigenvalue weighted by atomic mass is 32.2. The van der Waals surface area contributed by atoms with E-state index in [9.17, 15) is 21.6 Å². The zero-order valence-corrected chi connectivity index (χ0v) is 19.0. The molecule has 0 spiro atoms. The summed E-state index contributed by atoms with van der Waals surface area (Å²) >= 11 is 0. The Morgan fingerprint density at radius 2 is 1.61 bits per heavy atom. The van der Waals surface area contributed by atoms with Gasteiger partial charge in [-0.3, -0.25) is 9.89 Å². The first-order chi connectivity index (χ1) is 15.6. The molecule has 170 valence electrons. The number of benzene rings is 3. The number of fused-ring (bicyclic) bond motifs is 1. The minimum Gasteiger partial charge on any atom is -0.379 e. The summed E-state index contributed by atoms with van der Waals surface area (Å²) in [6, 6.07) is 18.5. The van der Waals surface area contributed by atoms with Crippen molar-refractivity contribution >= 4 is 42.5 Å². The fourth-order valence-electron chi connectivity index (χ4n) is 3.25. The van der Waals surface area contributed by atoms with Crippen molar-refractivity contribution in [3.05, 3.63) is 78.5 Å². The molecular weight excluding hydrogens is 466 g/mol. The number of aromatic amines is 1. The van der Waals surface area contributed by atoms with Crippen LogP contribution < -0.4 is 9.50 Å². The van der Waals surface area contributed by atoms with Crippen LogP contribution in [0.5, 0.6) is 5.75 Å². The molecule has 0 saturated carbocycles. The van der Waals surface area contributed by atoms with Gasteiger partial charge in [0.05, 0.1) is 22.5 Å². The molecule has 0 fully saturated rings. The van der Waals surface area contributed by atoms with Crippen molar-refractivity contribution in [1.29, 1.82) is 0 Å². The zero-order chi connectivity index (χ0) is 23.6. The number of sulfone groups is 1. The fraction of sp³-hybridized carbons (Fsp3) is 0.0909. The number of carbonyl (C=O) groups excluding carboxylic acids is 1. The number of aromatic nitrogens is 2. The maximum atomic E-state index is 12.8. The van der Waals surface area contributed by atoms with Gasteiger partial charge < -0.3 is 9.50 Å². The van der Waals surface area contributed by atoms with Crippen molar-refractivity contribution in [3.8, 4) is 5.75 Å². The molecule has 4 aromatic rings. The number of nitrogens with zero attached hydrogens (tertiary/aromatic N) is 1. The minimum atomic E-state index is -4.44. The lowest BCUT2D eigenvalue weighted by Crippen LogP contribution is -2.15. The quantitative estimate of drug-likeness (QED) is 0.384. The van der Waals surface area contributed by atoms with E-state index in [2.05, 4.69) is 15.5 Å². The molecule has 0 aliphatic heterocycles. The highest BCUT2D eigenvalue weighted by molar-refractivity contribution is 7.92. The second-order valence-corrected chi connectivity index (χ2v) is 10.7. The summed E-state index contributed by atoms with van der Waals surface area (Å²) in [7, 11) is -8.24. The maximum Gasteiger partial charge on any atom is 0.340 e. The average molecular weight is 486 g/mol. The molecule has 11 heteroatoms. The van der Waals surface area contributed by atoms with Crippen molar-refractivity contribution in [1.82, 2.24) is 10.2 Å². The number of rotatable bonds is 7. The second kappa shape index (κ2) is 8.68. The van der Waals surface area contributed by atoms with E-state index in [0.717, 1.165) is 6.26 Å². The van der Waals surface area contributed by atoms with Crippen molar-refractivity contribution in [2.75, 3.05) is 11.6 Å². The largest absolute Gasteiger partial charge is 0.379 e. The third-order valence-corrected chi connectivity index (χ3v) is 7.31. The van der Waals surface area contributed by atoms with Gasteiger partial charge in [0.15, 0.2) is 9.84 Å². The first-order valence-corrected chi connectivity index (χ1v) is 13.0. The predicted molar refractivity (Wildman–Crippen MR) is 122 cm³/mol. The molecule has 3 aromatic carbocycles. The molecular formula is C22H19N3O6S2. The standard InChI is InChI=1S/C22H19N3O6S2/c1-32(27,28)20-9-5-6-10-21(20)33(29,30)31-16-11-12-18-17(13-16)19(25-24-18)14-22(26)23-15-7-3-2-4-8-15/h2-13H,14H2,1H3,(H,23,26)(H,24,25). The van der Waals surface area contributed by atoms with E-state index in [4.69, 9.17) is 4.18 Å². The van der Waals surface area contributed by atoms with Crippen LogP contribution in [0.15, 0.2) is 82.6 Å². The van der Waals surface area contributed by atoms with Crippen LogP contribution in [0.4, 0.5) is 5.69 Å². The zero-order valence-electron chi connectivity index (χ0n) is 17.3. The van der Waals surface area contributed by atoms with Crippen LogP contribution in [0.25, 0.3) is 10.9 Å². The van der Waals surface area contributed by atoms with Crippen LogP contribution in [0.1, 0.15) is 5.69 Å². The first kappa shape index (κ1) is 22.5. The highest BCUT2D eigenvalue weighted by Crippen LogP contribution is 2.28. The number of anilines is 1. The van der Waals surface area contributed by atoms with Crippen LogP contribution >= 0.6 is 0 Å². The van der Waals surface area contributed by atoms with Gasteiger partial charge in [0, 0.05) is 17.3 Å². The lowest BCUT2D eigenvalue weighted by Gasteiger charge is -2.10. The number of amides is 1. The summed E-state index contributed by atoms with van der Waals surface area (Å²) in [6.07, 6.45) is 0.893. The van der Waals surface area contributed by atoms with Gasteiger partial charge in [-0.15, -0.1) is 0 Å². The van der Waals surface area contributed by atoms with Crippen LogP contribution in [-0.4, -0.2) is 39.2 Å². The topological polar surface area (TPSA) is 135 Å². The monoisotopic (exact) mass is 485 g/mol. The lowest BCUT2D eigenvalue weighted by molar-refractivity contribution is -0.115. The van der Waals surface area contributed by atoms with Crippen LogP contribution in [0.2, 0.25) is 0 Å². The third kappa shape index (κ3) is 5.04. The molecule has 2 N–H and O–H groups in total. The summed E-state index contributed by atoms with van der Waals surface area (Å²) in [5.74, 6) is -0.329. The number of hydrogen-bond donors (Lipinski definition) is 2. The Morgan fingerprint density at radius 3 is 2.30 bits per heavy atom. The third-order valence-electron chi connectivity index (χ3n) is 4.72. The van der Waals surface area contributed by atoms with E-state index in [-0.39, 0.29) is 23.0 Å². The summed E-state index contributed by atoms with van der Waals surface area (Å²) in [4.78, 5) is 11.6. The molecule has 1 aromatic heterocycles. The van der Waals surface area contributed by atoms with Crippen molar-refractivity contribution in [2.24, 2.45) is 0 Å². The molecule has 9 nitrogen and oxygen atoms in total. The number of carbonyl (C=O) groups is 1. The van der Waals surface area contributed by atoms with Gasteiger partial charge in [0.25, 0.3) is 0 Å². The van der Waals surface area contributed by atoms with E-state index in [1.54, 1.807) is 24.3 Å². The van der Waals surface area contributed by atoms with Crippen molar-refractivity contribution in [2.45, 2.75) is 16.2 Å². The van der Waals surface area contributed by atoms with Gasteiger partial charge in [-0.1, -0.05) is 30.3 Å². The minimum absolute atomic E-state index is 0.0293. The molecule has 1 amide bonds. The average Bonchev–Trinajstić information content (AvgIpc) is 3.15. The highest BCUT2D eigenvalue weighted by Gasteiger charge is 2.25. The van der Waals surface area contributed by atoms with Gasteiger partial charge in [0.2, 0.25) is 5.91 Å². The fourth-order valence-corrected chi connectivity index (χ4v) is 5.78. The molecule has 1 heterocycles. The Kier molecular flexibility index (Phi) is 5.91. The van der Waals surface area contributed by atoms with Gasteiger partial charge in [-0.25, -0.2) is 8.42 Å². The Bertz CT molecular complexity index is 1550. The normalized spacial score (nSPS) is 11.9. The van der Waals surface area contributed by atoms with Gasteiger partial charge in [-0.05, 0) is 42.5 Å². The Balaban J connectivity index is 1.61. The molecule has 0 bridgehead atoms. The number of hydrogen-bond acceptors (Lipinski definition) is 7. The molecule has 0 saturated heterocycles. The smallest absolute Gasteiger partial charge is 0.340 e. The molecule has 33 heavy (non-hydrogen) atoms. The molecule has 4 rings (SSSR count). The predicted octanol–water partition coefficient (Wildman–Crippen LogP) is 2.92. The van der Waals surface area contributed by atoms with Gasteiger partial charge in [0.1, 0.15) is 10.6 Å².